The Morgan fingerprint density at radius 1 is 1.02 bits per heavy atom. The number of nitrogen functional groups attached to an aromatic ring is 1. The summed E-state index contributed by atoms with van der Waals surface area (Å²) in [5.74, 6) is -1.24. The number of carbonyl (C=O) groups excluding carboxylic acids is 3. The van der Waals surface area contributed by atoms with E-state index < -0.39 is 84.6 Å². The zero-order chi connectivity index (χ0) is 46.9. The van der Waals surface area contributed by atoms with Crippen molar-refractivity contribution in [2.75, 3.05) is 52.0 Å². The van der Waals surface area contributed by atoms with Crippen LogP contribution >= 0.6 is 35.2 Å². The van der Waals surface area contributed by atoms with Crippen LogP contribution in [0.3, 0.4) is 0 Å². The molecule has 11 N–H and O–H groups in total. The van der Waals surface area contributed by atoms with Gasteiger partial charge in [-0.15, -0.1) is 0 Å². The molecule has 0 radical (unpaired) electrons. The van der Waals surface area contributed by atoms with Crippen LogP contribution in [0, 0.1) is 5.41 Å². The summed E-state index contributed by atoms with van der Waals surface area (Å²) in [5, 5.41) is 36.1. The van der Waals surface area contributed by atoms with Crippen molar-refractivity contribution in [2.24, 2.45) is 5.41 Å². The Kier molecular flexibility index (Phi) is 17.8. The number of phosphoric ester groups is 3. The normalized spacial score (nSPS) is 20.5. The number of benzene rings is 1. The number of hydrogen-bond acceptors (Lipinski definition) is 21. The van der Waals surface area contributed by atoms with Crippen molar-refractivity contribution in [3.05, 3.63) is 36.4 Å². The van der Waals surface area contributed by atoms with Gasteiger partial charge in [0.1, 0.15) is 36.3 Å². The molecule has 0 saturated carbocycles. The van der Waals surface area contributed by atoms with Crippen LogP contribution in [0.2, 0.25) is 0 Å². The van der Waals surface area contributed by atoms with Gasteiger partial charge in [0.05, 0.1) is 33.8 Å². The minimum atomic E-state index is -5.60. The number of aromatic hydroxyl groups is 1. The number of rotatable bonds is 23. The Morgan fingerprint density at radius 2 is 1.67 bits per heavy atom. The van der Waals surface area contributed by atoms with E-state index in [-0.39, 0.29) is 64.6 Å². The molecule has 3 aromatic rings. The highest BCUT2D eigenvalue weighted by Gasteiger charge is 2.50. The molecule has 1 aliphatic heterocycles. The maximum absolute atomic E-state index is 12.7. The number of nitrogens with one attached hydrogen (secondary N) is 2. The van der Waals surface area contributed by atoms with E-state index in [9.17, 15) is 63.0 Å². The SMILES string of the molecule is COc1cc(/C=C/C(=O)SCCNC(=O)CCNC(=O)[C@H](O)C(C)(C)COP(=O)(O)OP(=O)(O)OC[C@@H]2O[C@@H](n3cnc4c(N)ncnc43)[C@@H](O)[C@H]2OP(=O)(O)O)cc(OC)c1O. The summed E-state index contributed by atoms with van der Waals surface area (Å²) in [7, 11) is -13.7. The molecule has 7 atom stereocenters. The lowest BCUT2D eigenvalue weighted by Crippen LogP contribution is -2.46. The Labute approximate surface area is 361 Å². The van der Waals surface area contributed by atoms with Gasteiger partial charge in [0.2, 0.25) is 22.7 Å². The van der Waals surface area contributed by atoms with E-state index in [1.54, 1.807) is 0 Å². The highest BCUT2D eigenvalue weighted by Crippen LogP contribution is 2.61. The van der Waals surface area contributed by atoms with Gasteiger partial charge in [-0.3, -0.25) is 32.5 Å². The summed E-state index contributed by atoms with van der Waals surface area (Å²) in [6.45, 7) is 0.253. The van der Waals surface area contributed by atoms with Crippen LogP contribution < -0.4 is 25.8 Å². The smallest absolute Gasteiger partial charge is 0.481 e. The number of amides is 2. The number of hydrogen-bond donors (Lipinski definition) is 10. The Morgan fingerprint density at radius 3 is 2.30 bits per heavy atom. The molecule has 2 amide bonds. The molecule has 4 rings (SSSR count). The summed E-state index contributed by atoms with van der Waals surface area (Å²) >= 11 is 0.914. The van der Waals surface area contributed by atoms with Crippen molar-refractivity contribution in [3.8, 4) is 17.2 Å². The number of phenols is 1. The molecule has 2 unspecified atom stereocenters. The monoisotopic (exact) mass is 973 g/mol. The van der Waals surface area contributed by atoms with E-state index in [2.05, 4.69) is 34.4 Å². The van der Waals surface area contributed by atoms with Gasteiger partial charge in [0.15, 0.2) is 29.2 Å². The number of methoxy groups -OCH3 is 2. The highest BCUT2D eigenvalue weighted by molar-refractivity contribution is 8.14. The van der Waals surface area contributed by atoms with Gasteiger partial charge in [-0.1, -0.05) is 31.7 Å². The summed E-state index contributed by atoms with van der Waals surface area (Å²) in [4.78, 5) is 88.2. The maximum atomic E-state index is 12.7. The van der Waals surface area contributed by atoms with Crippen molar-refractivity contribution >= 4 is 75.2 Å². The molecule has 0 spiro atoms. The van der Waals surface area contributed by atoms with E-state index in [0.717, 1.165) is 29.0 Å². The fourth-order valence-corrected chi connectivity index (χ4v) is 8.90. The first-order chi connectivity index (χ1) is 29.4. The number of thioether (sulfide) groups is 1. The molecule has 1 fully saturated rings. The first kappa shape index (κ1) is 51.6. The zero-order valence-corrected chi connectivity index (χ0v) is 37.1. The van der Waals surface area contributed by atoms with E-state index in [1.165, 1.54) is 52.4 Å². The largest absolute Gasteiger partial charge is 0.502 e. The third-order valence-electron chi connectivity index (χ3n) is 8.66. The van der Waals surface area contributed by atoms with Crippen molar-refractivity contribution in [3.63, 3.8) is 0 Å². The lowest BCUT2D eigenvalue weighted by atomic mass is 9.87. The average Bonchev–Trinajstić information content (AvgIpc) is 3.77. The molecule has 27 nitrogen and oxygen atoms in total. The van der Waals surface area contributed by atoms with Gasteiger partial charge in [0.25, 0.3) is 0 Å². The minimum absolute atomic E-state index is 0.0204. The topological polar surface area (TPSA) is 402 Å². The Hall–Kier alpha value is -4.08. The van der Waals surface area contributed by atoms with Crippen LogP contribution in [0.25, 0.3) is 17.2 Å². The molecule has 1 saturated heterocycles. The first-order valence-electron chi connectivity index (χ1n) is 18.1. The van der Waals surface area contributed by atoms with Crippen molar-refractivity contribution in [1.29, 1.82) is 0 Å². The summed E-state index contributed by atoms with van der Waals surface area (Å²) in [5.41, 5.74) is 4.74. The van der Waals surface area contributed by atoms with Crippen molar-refractivity contribution in [1.82, 2.24) is 30.2 Å². The van der Waals surface area contributed by atoms with Crippen LogP contribution in [-0.4, -0.2) is 142 Å². The molecule has 3 heterocycles. The number of aliphatic hydroxyl groups excluding tert-OH is 2. The number of phosphoric acid groups is 3. The number of nitrogens with zero attached hydrogens (tertiary/aromatic N) is 4. The number of aliphatic hydroxyl groups is 2. The number of anilines is 1. The molecule has 1 aliphatic rings. The predicted molar refractivity (Wildman–Crippen MR) is 217 cm³/mol. The standard InChI is InChI=1S/C32H46N7O20P3S/c1-32(2,27(44)30(45)35-8-7-21(40)34-9-10-63-22(41)6-5-17-11-18(53-3)24(42)19(12-17)54-4)14-56-62(51,52)59-61(49,50)55-13-20-26(58-60(46,47)48)25(43)31(57-20)39-16-38-23-28(33)36-15-37-29(23)39/h5-6,11-12,15-16,20,25-27,31,42-44H,7-10,13-14H2,1-4H3,(H,34,40)(H,35,45)(H,49,50)(H,51,52)(H2,33,36,37)(H2,46,47,48)/b6-5+/t20-,25-,26-,27-,31+/m0/s1. The lowest BCUT2D eigenvalue weighted by molar-refractivity contribution is -0.137. The van der Waals surface area contributed by atoms with E-state index in [1.807, 2.05) is 0 Å². The second-order valence-electron chi connectivity index (χ2n) is 13.8. The van der Waals surface area contributed by atoms with Gasteiger partial charge in [0, 0.05) is 30.7 Å². The van der Waals surface area contributed by atoms with Crippen LogP contribution in [0.15, 0.2) is 30.9 Å². The van der Waals surface area contributed by atoms with Gasteiger partial charge in [-0.2, -0.15) is 4.31 Å². The number of carbonyl (C=O) groups is 3. The molecule has 2 aromatic heterocycles. The minimum Gasteiger partial charge on any atom is -0.502 e. The number of aromatic nitrogens is 4. The number of phenolic OH excluding ortho intramolecular Hbond substituents is 1. The second-order valence-corrected chi connectivity index (χ2v) is 19.2. The molecular weight excluding hydrogens is 927 g/mol. The second kappa shape index (κ2) is 21.7. The van der Waals surface area contributed by atoms with Gasteiger partial charge >= 0.3 is 23.5 Å². The third kappa shape index (κ3) is 14.7. The highest BCUT2D eigenvalue weighted by atomic mass is 32.2. The molecule has 1 aromatic carbocycles. The van der Waals surface area contributed by atoms with Crippen molar-refractivity contribution in [2.45, 2.75) is 50.9 Å². The Bertz CT molecular complexity index is 2270. The average molecular weight is 974 g/mol. The van der Waals surface area contributed by atoms with Crippen LogP contribution in [0.5, 0.6) is 17.2 Å². The Balaban J connectivity index is 1.20. The lowest BCUT2D eigenvalue weighted by Gasteiger charge is -2.30. The molecule has 63 heavy (non-hydrogen) atoms. The van der Waals surface area contributed by atoms with Crippen LogP contribution in [0.1, 0.15) is 32.1 Å². The van der Waals surface area contributed by atoms with E-state index in [0.29, 0.717) is 5.56 Å². The van der Waals surface area contributed by atoms with Crippen LogP contribution in [-0.2, 0) is 50.7 Å². The fourth-order valence-electron chi connectivity index (χ4n) is 5.50. The fraction of sp³-hybridized carbons (Fsp3) is 0.500. The maximum Gasteiger partial charge on any atom is 0.481 e. The molecule has 31 heteroatoms. The number of fused-ring (bicyclic) bond motifs is 1. The van der Waals surface area contributed by atoms with Gasteiger partial charge in [-0.25, -0.2) is 28.6 Å². The molecule has 0 aliphatic carbocycles. The van der Waals surface area contributed by atoms with Crippen LogP contribution in [0.4, 0.5) is 5.82 Å². The predicted octanol–water partition coefficient (Wildman–Crippen LogP) is 0.101. The van der Waals surface area contributed by atoms with Gasteiger partial charge in [-0.05, 0) is 23.8 Å². The van der Waals surface area contributed by atoms with Crippen molar-refractivity contribution < 1.29 is 95.1 Å². The third-order valence-corrected chi connectivity index (χ3v) is 12.6. The zero-order valence-electron chi connectivity index (χ0n) is 33.6. The molecular formula is C32H46N7O20P3S. The molecule has 350 valence electrons. The first-order valence-corrected chi connectivity index (χ1v) is 23.6. The summed E-state index contributed by atoms with van der Waals surface area (Å²) < 4.78 is 72.4. The van der Waals surface area contributed by atoms with E-state index in [4.69, 9.17) is 29.0 Å². The van der Waals surface area contributed by atoms with E-state index >= 15 is 0 Å². The molecule has 0 bridgehead atoms. The number of imidazole rings is 1. The summed E-state index contributed by atoms with van der Waals surface area (Å²) in [6.07, 6.45) is -4.30. The quantitative estimate of drug-likeness (QED) is 0.0342. The van der Waals surface area contributed by atoms with Gasteiger partial charge < -0.3 is 65.5 Å². The number of ether oxygens (including phenoxy) is 3. The summed E-state index contributed by atoms with van der Waals surface area (Å²) in [6, 6.07) is 3.01. The number of nitrogens with two attached hydrogens (primary N) is 1.